The number of cyclic esters (lactones) is 1. The molecule has 3 aliphatic rings. The molecule has 3 aromatic rings. The molecule has 6 rings (SSSR count). The maximum atomic E-state index is 13.1. The van der Waals surface area contributed by atoms with Crippen molar-refractivity contribution in [2.75, 3.05) is 6.79 Å². The molecule has 29 heavy (non-hydrogen) atoms. The predicted molar refractivity (Wildman–Crippen MR) is 99.1 cm³/mol. The van der Waals surface area contributed by atoms with Gasteiger partial charge in [0, 0.05) is 38.2 Å². The summed E-state index contributed by atoms with van der Waals surface area (Å²) in [6, 6.07) is 7.72. The number of hydrogen-bond donors (Lipinski definition) is 0. The van der Waals surface area contributed by atoms with Crippen LogP contribution in [0.5, 0.6) is 11.5 Å². The Morgan fingerprint density at radius 2 is 1.90 bits per heavy atom. The summed E-state index contributed by atoms with van der Waals surface area (Å²) in [6.07, 6.45) is 0.510. The first kappa shape index (κ1) is 18.3. The van der Waals surface area contributed by atoms with E-state index in [2.05, 4.69) is 0 Å². The molecule has 8 heteroatoms. The minimum Gasteiger partial charge on any atom is -0.479 e. The maximum Gasteiger partial charge on any atom is 0.277 e. The van der Waals surface area contributed by atoms with Crippen LogP contribution in [-0.4, -0.2) is 22.3 Å². The molecule has 3 aliphatic heterocycles. The Hall–Kier alpha value is -2.79. The van der Waals surface area contributed by atoms with Gasteiger partial charge in [0.2, 0.25) is 12.4 Å². The van der Waals surface area contributed by atoms with E-state index in [1.54, 1.807) is 4.57 Å². The third kappa shape index (κ3) is 2.47. The number of aromatic nitrogens is 2. The second-order valence-corrected chi connectivity index (χ2v) is 7.12. The summed E-state index contributed by atoms with van der Waals surface area (Å²) in [4.78, 5) is 30.0. The first-order valence-electron chi connectivity index (χ1n) is 9.17. The summed E-state index contributed by atoms with van der Waals surface area (Å²) >= 11 is 0. The van der Waals surface area contributed by atoms with Gasteiger partial charge in [-0.25, -0.2) is 4.98 Å². The van der Waals surface area contributed by atoms with E-state index in [1.807, 2.05) is 31.2 Å². The topological polar surface area (TPSA) is 79.7 Å². The van der Waals surface area contributed by atoms with Crippen molar-refractivity contribution in [2.45, 2.75) is 26.5 Å². The standard InChI is InChI=1S/C21H15N2O5.Mo/c1-2-12-13-5-16-19-11(7-23(16)20(24)14(13)8-26-21(12)25)3-10-4-17-18(28-9-27-17)6-15(10)22-19;/h3-6H,2,7-9H2,1H3;/q-1;. The molecule has 0 atom stereocenters. The van der Waals surface area contributed by atoms with Crippen molar-refractivity contribution in [3.63, 3.8) is 0 Å². The third-order valence-corrected chi connectivity index (χ3v) is 5.63. The van der Waals surface area contributed by atoms with Crippen molar-refractivity contribution in [1.29, 1.82) is 0 Å². The average molecular weight is 471 g/mol. The van der Waals surface area contributed by atoms with Gasteiger partial charge in [-0.1, -0.05) is 19.3 Å². The number of esters is 1. The molecule has 0 fully saturated rings. The number of nitrogens with zero attached hydrogens (tertiary/aromatic N) is 2. The summed E-state index contributed by atoms with van der Waals surface area (Å²) in [7, 11) is 0. The summed E-state index contributed by atoms with van der Waals surface area (Å²) in [6.45, 7) is 2.56. The number of pyridine rings is 2. The SMILES string of the molecule is CC[C-]1C(=O)OCc2c1cc1n(c2=O)Cc2cc3cc4c(cc3nc2-1)OCO4.[Mo]. The number of carbonyl (C=O) groups excluding carboxylic acids is 1. The molecule has 146 valence electrons. The summed E-state index contributed by atoms with van der Waals surface area (Å²) in [5.74, 6) is 1.57. The molecule has 0 amide bonds. The molecular weight excluding hydrogens is 456 g/mol. The smallest absolute Gasteiger partial charge is 0.277 e. The quantitative estimate of drug-likeness (QED) is 0.241. The van der Waals surface area contributed by atoms with E-state index >= 15 is 0 Å². The van der Waals surface area contributed by atoms with Crippen LogP contribution in [0, 0.1) is 5.92 Å². The molecule has 5 heterocycles. The third-order valence-electron chi connectivity index (χ3n) is 5.63. The average Bonchev–Trinajstić information content (AvgIpc) is 3.28. The molecule has 2 aromatic heterocycles. The summed E-state index contributed by atoms with van der Waals surface area (Å²) in [5.41, 5.74) is 4.35. The second kappa shape index (κ2) is 6.36. The fourth-order valence-corrected chi connectivity index (χ4v) is 4.24. The minimum absolute atomic E-state index is 0. The van der Waals surface area contributed by atoms with Crippen molar-refractivity contribution in [3.05, 3.63) is 57.2 Å². The number of rotatable bonds is 1. The molecule has 1 aromatic carbocycles. The monoisotopic (exact) mass is 473 g/mol. The van der Waals surface area contributed by atoms with Gasteiger partial charge in [-0.3, -0.25) is 9.59 Å². The zero-order valence-electron chi connectivity index (χ0n) is 15.5. The van der Waals surface area contributed by atoms with Crippen molar-refractivity contribution in [2.24, 2.45) is 0 Å². The maximum absolute atomic E-state index is 13.1. The number of ether oxygens (including phenoxy) is 3. The molecule has 0 aliphatic carbocycles. The van der Waals surface area contributed by atoms with Gasteiger partial charge in [0.25, 0.3) is 5.97 Å². The molecule has 0 saturated carbocycles. The van der Waals surface area contributed by atoms with Gasteiger partial charge < -0.3 is 18.8 Å². The molecule has 0 radical (unpaired) electrons. The Balaban J connectivity index is 0.00000181. The summed E-state index contributed by atoms with van der Waals surface area (Å²) < 4.78 is 17.8. The molecular formula is C21H15MoN2O5-. The molecule has 0 bridgehead atoms. The van der Waals surface area contributed by atoms with Crippen LogP contribution in [0.1, 0.15) is 30.0 Å². The Labute approximate surface area is 179 Å². The van der Waals surface area contributed by atoms with Crippen molar-refractivity contribution < 1.29 is 40.1 Å². The van der Waals surface area contributed by atoms with Gasteiger partial charge in [-0.15, -0.1) is 6.07 Å². The Bertz CT molecular complexity index is 1270. The Morgan fingerprint density at radius 3 is 2.69 bits per heavy atom. The van der Waals surface area contributed by atoms with E-state index in [4.69, 9.17) is 19.2 Å². The fraction of sp³-hybridized carbons (Fsp3) is 0.238. The minimum atomic E-state index is -0.350. The zero-order valence-corrected chi connectivity index (χ0v) is 17.5. The van der Waals surface area contributed by atoms with Crippen LogP contribution in [0.4, 0.5) is 0 Å². The molecule has 7 nitrogen and oxygen atoms in total. The van der Waals surface area contributed by atoms with Crippen molar-refractivity contribution >= 4 is 16.9 Å². The Kier molecular flexibility index (Phi) is 4.00. The number of carbonyl (C=O) groups is 1. The van der Waals surface area contributed by atoms with E-state index in [-0.39, 0.29) is 46.0 Å². The first-order chi connectivity index (χ1) is 13.6. The van der Waals surface area contributed by atoms with Gasteiger partial charge >= 0.3 is 0 Å². The largest absolute Gasteiger partial charge is 0.479 e. The van der Waals surface area contributed by atoms with E-state index in [9.17, 15) is 9.59 Å². The number of hydrogen-bond acceptors (Lipinski definition) is 6. The van der Waals surface area contributed by atoms with Crippen molar-refractivity contribution in [3.8, 4) is 22.9 Å². The molecule has 0 N–H and O–H groups in total. The first-order valence-corrected chi connectivity index (χ1v) is 9.17. The molecule has 0 saturated heterocycles. The van der Waals surface area contributed by atoms with E-state index < -0.39 is 0 Å². The Morgan fingerprint density at radius 1 is 1.10 bits per heavy atom. The van der Waals surface area contributed by atoms with Gasteiger partial charge in [0.15, 0.2) is 11.5 Å². The van der Waals surface area contributed by atoms with Gasteiger partial charge in [-0.2, -0.15) is 5.56 Å². The van der Waals surface area contributed by atoms with Crippen LogP contribution in [0.15, 0.2) is 29.1 Å². The second-order valence-electron chi connectivity index (χ2n) is 7.12. The molecule has 0 unspecified atom stereocenters. The van der Waals surface area contributed by atoms with Crippen molar-refractivity contribution in [1.82, 2.24) is 9.55 Å². The van der Waals surface area contributed by atoms with Crippen LogP contribution >= 0.6 is 0 Å². The van der Waals surface area contributed by atoms with E-state index in [0.29, 0.717) is 41.5 Å². The van der Waals surface area contributed by atoms with Crippen LogP contribution in [-0.2, 0) is 43.7 Å². The van der Waals surface area contributed by atoms with Gasteiger partial charge in [0.1, 0.15) is 0 Å². The van der Waals surface area contributed by atoms with E-state index in [0.717, 1.165) is 27.9 Å². The van der Waals surface area contributed by atoms with Crippen LogP contribution in [0.2, 0.25) is 0 Å². The predicted octanol–water partition coefficient (Wildman–Crippen LogP) is 2.54. The van der Waals surface area contributed by atoms with Gasteiger partial charge in [-0.05, 0) is 23.3 Å². The fourth-order valence-electron chi connectivity index (χ4n) is 4.24. The van der Waals surface area contributed by atoms with Crippen LogP contribution in [0.3, 0.4) is 0 Å². The molecule has 0 spiro atoms. The zero-order chi connectivity index (χ0) is 19.0. The van der Waals surface area contributed by atoms with Crippen LogP contribution < -0.4 is 15.0 Å². The van der Waals surface area contributed by atoms with E-state index in [1.165, 1.54) is 0 Å². The normalized spacial score (nSPS) is 15.5. The van der Waals surface area contributed by atoms with Gasteiger partial charge in [0.05, 0.1) is 24.4 Å². The number of benzene rings is 1. The van der Waals surface area contributed by atoms with Crippen LogP contribution in [0.25, 0.3) is 22.3 Å². The number of fused-ring (bicyclic) bond motifs is 6. The summed E-state index contributed by atoms with van der Waals surface area (Å²) in [5, 5.41) is 0.938.